The van der Waals surface area contributed by atoms with Crippen LogP contribution in [0.1, 0.15) is 10.4 Å². The molecule has 3 rings (SSSR count). The molecule has 4 N–H and O–H groups in total. The number of fused-ring (bicyclic) bond motifs is 1. The van der Waals surface area contributed by atoms with E-state index in [1.54, 1.807) is 48.7 Å². The first kappa shape index (κ1) is 17.4. The summed E-state index contributed by atoms with van der Waals surface area (Å²) >= 11 is 0. The van der Waals surface area contributed by atoms with Crippen LogP contribution in [0.2, 0.25) is 0 Å². The molecule has 2 amide bonds. The van der Waals surface area contributed by atoms with Crippen molar-refractivity contribution in [1.82, 2.24) is 15.5 Å². The van der Waals surface area contributed by atoms with Gasteiger partial charge in [-0.1, -0.05) is 6.07 Å². The zero-order chi connectivity index (χ0) is 18.5. The third kappa shape index (κ3) is 3.81. The molecule has 0 fully saturated rings. The van der Waals surface area contributed by atoms with Crippen LogP contribution >= 0.6 is 0 Å². The lowest BCUT2D eigenvalue weighted by atomic mass is 10.1. The fourth-order valence-electron chi connectivity index (χ4n) is 2.44. The first-order chi connectivity index (χ1) is 12.6. The van der Waals surface area contributed by atoms with Gasteiger partial charge in [-0.05, 0) is 36.4 Å². The molecule has 8 heteroatoms. The van der Waals surface area contributed by atoms with Crippen LogP contribution in [0, 0.1) is 0 Å². The number of hydrogen-bond donors (Lipinski definition) is 4. The molecule has 0 bridgehead atoms. The van der Waals surface area contributed by atoms with E-state index in [-0.39, 0.29) is 0 Å². The van der Waals surface area contributed by atoms with E-state index in [0.717, 1.165) is 10.9 Å². The monoisotopic (exact) mass is 354 g/mol. The molecule has 0 spiro atoms. The van der Waals surface area contributed by atoms with E-state index < -0.39 is 24.5 Å². The first-order valence-corrected chi connectivity index (χ1v) is 7.90. The lowest BCUT2D eigenvalue weighted by Gasteiger charge is -2.16. The number of carbonyl (C=O) groups excluding carboxylic acids is 2. The number of nitrogens with one attached hydrogen (secondary N) is 3. The van der Waals surface area contributed by atoms with Crippen LogP contribution < -0.4 is 15.4 Å². The quantitative estimate of drug-likeness (QED) is 0.532. The summed E-state index contributed by atoms with van der Waals surface area (Å²) in [6.07, 6.45) is 1.67. The van der Waals surface area contributed by atoms with Crippen LogP contribution in [-0.4, -0.2) is 46.9 Å². The van der Waals surface area contributed by atoms with E-state index in [1.165, 1.54) is 7.11 Å². The Kier molecular flexibility index (Phi) is 5.14. The second-order valence-corrected chi connectivity index (χ2v) is 5.60. The Morgan fingerprint density at radius 2 is 2.12 bits per heavy atom. The Hall–Kier alpha value is -3.39. The predicted molar refractivity (Wildman–Crippen MR) is 96.1 cm³/mol. The molecule has 26 heavy (non-hydrogen) atoms. The van der Waals surface area contributed by atoms with Crippen LogP contribution in [0.4, 0.5) is 5.69 Å². The van der Waals surface area contributed by atoms with E-state index in [1.807, 2.05) is 0 Å². The van der Waals surface area contributed by atoms with Gasteiger partial charge in [0, 0.05) is 16.6 Å². The van der Waals surface area contributed by atoms with Gasteiger partial charge in [0.2, 0.25) is 5.91 Å². The van der Waals surface area contributed by atoms with Crippen molar-refractivity contribution >= 4 is 28.4 Å². The topological polar surface area (TPSA) is 116 Å². The predicted octanol–water partition coefficient (Wildman–Crippen LogP) is 1.30. The maximum absolute atomic E-state index is 12.4. The molecule has 1 aromatic heterocycles. The number of aromatic nitrogens is 2. The maximum atomic E-state index is 12.4. The highest BCUT2D eigenvalue weighted by atomic mass is 16.5. The van der Waals surface area contributed by atoms with Crippen LogP contribution in [-0.2, 0) is 4.79 Å². The van der Waals surface area contributed by atoms with Gasteiger partial charge >= 0.3 is 0 Å². The lowest BCUT2D eigenvalue weighted by molar-refractivity contribution is -0.118. The number of hydrogen-bond acceptors (Lipinski definition) is 5. The molecule has 3 aromatic rings. The maximum Gasteiger partial charge on any atom is 0.252 e. The summed E-state index contributed by atoms with van der Waals surface area (Å²) in [5, 5.41) is 22.3. The molecular formula is C18H18N4O4. The van der Waals surface area contributed by atoms with Crippen molar-refractivity contribution in [1.29, 1.82) is 0 Å². The molecule has 1 unspecified atom stereocenters. The zero-order valence-electron chi connectivity index (χ0n) is 14.0. The van der Waals surface area contributed by atoms with Gasteiger partial charge in [-0.15, -0.1) is 0 Å². The first-order valence-electron chi connectivity index (χ1n) is 7.90. The smallest absolute Gasteiger partial charge is 0.252 e. The fraction of sp³-hybridized carbons (Fsp3) is 0.167. The molecule has 2 aromatic carbocycles. The minimum absolute atomic E-state index is 0.328. The van der Waals surface area contributed by atoms with Crippen molar-refractivity contribution in [2.75, 3.05) is 19.0 Å². The second-order valence-electron chi connectivity index (χ2n) is 5.60. The number of aromatic amines is 1. The number of amides is 2. The SMILES string of the molecule is COc1cccc(C(=O)NC(CO)C(=O)Nc2ccc3cn[nH]c3c2)c1. The molecule has 0 aliphatic rings. The van der Waals surface area contributed by atoms with Gasteiger partial charge in [-0.25, -0.2) is 0 Å². The molecule has 0 saturated heterocycles. The van der Waals surface area contributed by atoms with Crippen molar-refractivity contribution in [3.05, 3.63) is 54.2 Å². The molecule has 1 heterocycles. The number of anilines is 1. The van der Waals surface area contributed by atoms with Gasteiger partial charge < -0.3 is 20.5 Å². The van der Waals surface area contributed by atoms with Crippen LogP contribution in [0.5, 0.6) is 5.75 Å². The van der Waals surface area contributed by atoms with Crippen molar-refractivity contribution < 1.29 is 19.4 Å². The third-order valence-corrected chi connectivity index (χ3v) is 3.85. The summed E-state index contributed by atoms with van der Waals surface area (Å²) in [7, 11) is 1.50. The molecule has 0 saturated carbocycles. The largest absolute Gasteiger partial charge is 0.497 e. The normalized spacial score (nSPS) is 11.8. The Balaban J connectivity index is 1.68. The summed E-state index contributed by atoms with van der Waals surface area (Å²) < 4.78 is 5.07. The van der Waals surface area contributed by atoms with E-state index in [2.05, 4.69) is 20.8 Å². The Morgan fingerprint density at radius 3 is 2.88 bits per heavy atom. The third-order valence-electron chi connectivity index (χ3n) is 3.85. The van der Waals surface area contributed by atoms with E-state index in [0.29, 0.717) is 17.0 Å². The van der Waals surface area contributed by atoms with Crippen molar-refractivity contribution in [2.45, 2.75) is 6.04 Å². The fourth-order valence-corrected chi connectivity index (χ4v) is 2.44. The van der Waals surface area contributed by atoms with Gasteiger partial charge in [0.25, 0.3) is 5.91 Å². The average molecular weight is 354 g/mol. The van der Waals surface area contributed by atoms with E-state index in [9.17, 15) is 14.7 Å². The van der Waals surface area contributed by atoms with Crippen molar-refractivity contribution in [2.24, 2.45) is 0 Å². The number of aliphatic hydroxyl groups is 1. The zero-order valence-corrected chi connectivity index (χ0v) is 14.0. The highest BCUT2D eigenvalue weighted by molar-refractivity contribution is 6.02. The standard InChI is InChI=1S/C18H18N4O4/c1-26-14-4-2-3-11(7-14)17(24)21-16(10-23)18(25)20-13-6-5-12-9-19-22-15(12)8-13/h2-9,16,23H,10H2,1H3,(H,19,22)(H,20,25)(H,21,24). The number of ether oxygens (including phenoxy) is 1. The van der Waals surface area contributed by atoms with Crippen LogP contribution in [0.25, 0.3) is 10.9 Å². The number of H-pyrrole nitrogens is 1. The van der Waals surface area contributed by atoms with Gasteiger partial charge in [-0.3, -0.25) is 14.7 Å². The number of carbonyl (C=O) groups is 2. The summed E-state index contributed by atoms with van der Waals surface area (Å²) in [6.45, 7) is -0.534. The number of nitrogens with zero attached hydrogens (tertiary/aromatic N) is 1. The van der Waals surface area contributed by atoms with Crippen LogP contribution in [0.3, 0.4) is 0 Å². The lowest BCUT2D eigenvalue weighted by Crippen LogP contribution is -2.46. The average Bonchev–Trinajstić information content (AvgIpc) is 3.13. The molecular weight excluding hydrogens is 336 g/mol. The summed E-state index contributed by atoms with van der Waals surface area (Å²) in [4.78, 5) is 24.7. The summed E-state index contributed by atoms with van der Waals surface area (Å²) in [5.74, 6) is -0.486. The highest BCUT2D eigenvalue weighted by Gasteiger charge is 2.21. The molecule has 0 radical (unpaired) electrons. The van der Waals surface area contributed by atoms with Crippen molar-refractivity contribution in [3.63, 3.8) is 0 Å². The summed E-state index contributed by atoms with van der Waals surface area (Å²) in [6, 6.07) is 10.7. The van der Waals surface area contributed by atoms with Gasteiger partial charge in [0.1, 0.15) is 11.8 Å². The Bertz CT molecular complexity index is 938. The molecule has 0 aliphatic heterocycles. The minimum Gasteiger partial charge on any atom is -0.497 e. The Morgan fingerprint density at radius 1 is 1.27 bits per heavy atom. The second kappa shape index (κ2) is 7.66. The number of benzene rings is 2. The number of rotatable bonds is 6. The minimum atomic E-state index is -1.09. The highest BCUT2D eigenvalue weighted by Crippen LogP contribution is 2.17. The van der Waals surface area contributed by atoms with Crippen molar-refractivity contribution in [3.8, 4) is 5.75 Å². The van der Waals surface area contributed by atoms with Crippen LogP contribution in [0.15, 0.2) is 48.7 Å². The number of methoxy groups -OCH3 is 1. The Labute approximate surface area is 149 Å². The van der Waals surface area contributed by atoms with E-state index in [4.69, 9.17) is 4.74 Å². The molecule has 0 aliphatic carbocycles. The molecule has 1 atom stereocenters. The van der Waals surface area contributed by atoms with Gasteiger partial charge in [0.05, 0.1) is 25.4 Å². The van der Waals surface area contributed by atoms with Gasteiger partial charge in [-0.2, -0.15) is 5.10 Å². The van der Waals surface area contributed by atoms with Gasteiger partial charge in [0.15, 0.2) is 0 Å². The number of aliphatic hydroxyl groups excluding tert-OH is 1. The van der Waals surface area contributed by atoms with E-state index >= 15 is 0 Å². The molecule has 134 valence electrons. The molecule has 8 nitrogen and oxygen atoms in total. The summed E-state index contributed by atoms with van der Waals surface area (Å²) in [5.41, 5.74) is 1.62.